The summed E-state index contributed by atoms with van der Waals surface area (Å²) in [4.78, 5) is 0. The molecule has 0 aromatic carbocycles. The van der Waals surface area contributed by atoms with Gasteiger partial charge in [-0.3, -0.25) is 0 Å². The lowest BCUT2D eigenvalue weighted by molar-refractivity contribution is 0.855. The Kier molecular flexibility index (Phi) is 2.20. The quantitative estimate of drug-likeness (QED) is 0.516. The molecule has 0 saturated heterocycles. The topological polar surface area (TPSA) is 26.0 Å². The van der Waals surface area contributed by atoms with Gasteiger partial charge in [-0.15, -0.1) is 6.58 Å². The maximum atomic E-state index is 5.28. The first-order valence-corrected chi connectivity index (χ1v) is 2.25. The normalized spacial score (nSPS) is 12.7. The van der Waals surface area contributed by atoms with E-state index in [1.807, 2.05) is 6.92 Å². The van der Waals surface area contributed by atoms with E-state index in [1.54, 1.807) is 6.08 Å². The van der Waals surface area contributed by atoms with Crippen molar-refractivity contribution in [3.63, 3.8) is 0 Å². The molecule has 1 nitrogen and oxygen atoms in total. The molecule has 0 aromatic rings. The predicted molar refractivity (Wildman–Crippen MR) is 32.7 cm³/mol. The fourth-order valence-electron chi connectivity index (χ4n) is 0.151. The SMILES string of the molecule is C=CC(C)C(=C)N. The molecule has 0 aliphatic rings. The van der Waals surface area contributed by atoms with Crippen molar-refractivity contribution in [1.82, 2.24) is 0 Å². The van der Waals surface area contributed by atoms with Gasteiger partial charge in [0.05, 0.1) is 0 Å². The predicted octanol–water partition coefficient (Wildman–Crippen LogP) is 1.28. The average Bonchev–Trinajstić information content (AvgIpc) is 1.65. The summed E-state index contributed by atoms with van der Waals surface area (Å²) < 4.78 is 0. The third-order valence-electron chi connectivity index (χ3n) is 0.938. The summed E-state index contributed by atoms with van der Waals surface area (Å²) in [5.74, 6) is 0.250. The minimum atomic E-state index is 0.250. The van der Waals surface area contributed by atoms with Crippen LogP contribution < -0.4 is 5.73 Å². The van der Waals surface area contributed by atoms with Crippen LogP contribution in [-0.4, -0.2) is 0 Å². The first kappa shape index (κ1) is 6.28. The minimum absolute atomic E-state index is 0.250. The van der Waals surface area contributed by atoms with Gasteiger partial charge in [0.25, 0.3) is 0 Å². The van der Waals surface area contributed by atoms with Crippen molar-refractivity contribution < 1.29 is 0 Å². The molecule has 0 aromatic heterocycles. The lowest BCUT2D eigenvalue weighted by Crippen LogP contribution is -2.02. The van der Waals surface area contributed by atoms with Crippen LogP contribution in [0.25, 0.3) is 0 Å². The highest BCUT2D eigenvalue weighted by Crippen LogP contribution is 1.99. The highest BCUT2D eigenvalue weighted by atomic mass is 14.6. The van der Waals surface area contributed by atoms with E-state index < -0.39 is 0 Å². The summed E-state index contributed by atoms with van der Waals surface area (Å²) in [5.41, 5.74) is 5.96. The van der Waals surface area contributed by atoms with Crippen LogP contribution in [0.15, 0.2) is 24.9 Å². The van der Waals surface area contributed by atoms with E-state index in [0.717, 1.165) is 0 Å². The molecule has 1 unspecified atom stereocenters. The molecule has 0 spiro atoms. The Hall–Kier alpha value is -0.720. The van der Waals surface area contributed by atoms with Gasteiger partial charge in [0.2, 0.25) is 0 Å². The Morgan fingerprint density at radius 1 is 1.86 bits per heavy atom. The van der Waals surface area contributed by atoms with Crippen molar-refractivity contribution >= 4 is 0 Å². The Labute approximate surface area is 44.5 Å². The van der Waals surface area contributed by atoms with Crippen molar-refractivity contribution in [2.45, 2.75) is 6.92 Å². The van der Waals surface area contributed by atoms with E-state index in [0.29, 0.717) is 5.70 Å². The summed E-state index contributed by atoms with van der Waals surface area (Å²) in [6, 6.07) is 0. The van der Waals surface area contributed by atoms with Gasteiger partial charge in [-0.25, -0.2) is 0 Å². The first-order valence-electron chi connectivity index (χ1n) is 2.25. The van der Waals surface area contributed by atoms with Gasteiger partial charge in [-0.2, -0.15) is 0 Å². The summed E-state index contributed by atoms with van der Waals surface area (Å²) in [6.07, 6.45) is 1.77. The minimum Gasteiger partial charge on any atom is -0.402 e. The van der Waals surface area contributed by atoms with Crippen molar-refractivity contribution in [3.8, 4) is 0 Å². The van der Waals surface area contributed by atoms with Crippen LogP contribution in [-0.2, 0) is 0 Å². The van der Waals surface area contributed by atoms with Crippen LogP contribution in [0.4, 0.5) is 0 Å². The lowest BCUT2D eigenvalue weighted by atomic mass is 10.1. The molecule has 0 bridgehead atoms. The molecule has 7 heavy (non-hydrogen) atoms. The fraction of sp³-hybridized carbons (Fsp3) is 0.333. The molecule has 0 radical (unpaired) electrons. The van der Waals surface area contributed by atoms with Gasteiger partial charge >= 0.3 is 0 Å². The molecule has 0 heterocycles. The molecule has 2 N–H and O–H groups in total. The fourth-order valence-corrected chi connectivity index (χ4v) is 0.151. The summed E-state index contributed by atoms with van der Waals surface area (Å²) in [5, 5.41) is 0. The largest absolute Gasteiger partial charge is 0.402 e. The monoisotopic (exact) mass is 97.1 g/mol. The molecule has 0 aliphatic heterocycles. The molecule has 0 saturated carbocycles. The van der Waals surface area contributed by atoms with Gasteiger partial charge in [0.15, 0.2) is 0 Å². The van der Waals surface area contributed by atoms with Crippen molar-refractivity contribution in [2.75, 3.05) is 0 Å². The maximum Gasteiger partial charge on any atom is 0.0127 e. The summed E-state index contributed by atoms with van der Waals surface area (Å²) in [6.45, 7) is 9.03. The number of rotatable bonds is 2. The first-order chi connectivity index (χ1) is 3.18. The Bertz CT molecular complexity index is 84.2. The third kappa shape index (κ3) is 2.04. The number of hydrogen-bond acceptors (Lipinski definition) is 1. The van der Waals surface area contributed by atoms with Crippen molar-refractivity contribution in [1.29, 1.82) is 0 Å². The second-order valence-corrected chi connectivity index (χ2v) is 1.60. The van der Waals surface area contributed by atoms with Crippen LogP contribution >= 0.6 is 0 Å². The number of hydrogen-bond donors (Lipinski definition) is 1. The van der Waals surface area contributed by atoms with Gasteiger partial charge < -0.3 is 5.73 Å². The van der Waals surface area contributed by atoms with E-state index in [9.17, 15) is 0 Å². The second-order valence-electron chi connectivity index (χ2n) is 1.60. The maximum absolute atomic E-state index is 5.28. The summed E-state index contributed by atoms with van der Waals surface area (Å²) in [7, 11) is 0. The van der Waals surface area contributed by atoms with Crippen LogP contribution in [0.5, 0.6) is 0 Å². The van der Waals surface area contributed by atoms with Crippen LogP contribution in [0.1, 0.15) is 6.92 Å². The zero-order chi connectivity index (χ0) is 5.86. The van der Waals surface area contributed by atoms with Crippen molar-refractivity contribution in [3.05, 3.63) is 24.9 Å². The Morgan fingerprint density at radius 3 is 2.29 bits per heavy atom. The van der Waals surface area contributed by atoms with E-state index in [-0.39, 0.29) is 5.92 Å². The molecule has 40 valence electrons. The second kappa shape index (κ2) is 2.45. The Morgan fingerprint density at radius 2 is 2.29 bits per heavy atom. The van der Waals surface area contributed by atoms with E-state index in [2.05, 4.69) is 13.2 Å². The van der Waals surface area contributed by atoms with Gasteiger partial charge in [0, 0.05) is 11.6 Å². The van der Waals surface area contributed by atoms with Crippen LogP contribution in [0, 0.1) is 5.92 Å². The zero-order valence-electron chi connectivity index (χ0n) is 4.65. The van der Waals surface area contributed by atoms with Gasteiger partial charge in [-0.05, 0) is 0 Å². The third-order valence-corrected chi connectivity index (χ3v) is 0.938. The van der Waals surface area contributed by atoms with E-state index in [4.69, 9.17) is 5.73 Å². The summed E-state index contributed by atoms with van der Waals surface area (Å²) >= 11 is 0. The molecule has 1 heteroatoms. The van der Waals surface area contributed by atoms with Crippen molar-refractivity contribution in [2.24, 2.45) is 11.7 Å². The zero-order valence-corrected chi connectivity index (χ0v) is 4.65. The number of nitrogens with two attached hydrogens (primary N) is 1. The van der Waals surface area contributed by atoms with E-state index in [1.165, 1.54) is 0 Å². The molecule has 0 fully saturated rings. The van der Waals surface area contributed by atoms with Gasteiger partial charge in [0.1, 0.15) is 0 Å². The number of allylic oxidation sites excluding steroid dienone is 1. The smallest absolute Gasteiger partial charge is 0.0127 e. The highest BCUT2D eigenvalue weighted by Gasteiger charge is 1.91. The van der Waals surface area contributed by atoms with Crippen LogP contribution in [0.3, 0.4) is 0 Å². The highest BCUT2D eigenvalue weighted by molar-refractivity contribution is 5.00. The van der Waals surface area contributed by atoms with Crippen LogP contribution in [0.2, 0.25) is 0 Å². The molecule has 0 rings (SSSR count). The lowest BCUT2D eigenvalue weighted by Gasteiger charge is -2.00. The van der Waals surface area contributed by atoms with Gasteiger partial charge in [-0.1, -0.05) is 19.6 Å². The molecule has 1 atom stereocenters. The molecule has 0 aliphatic carbocycles. The molecular weight excluding hydrogens is 86.1 g/mol. The Balaban J connectivity index is 3.55. The molecular formula is C6H11N. The molecule has 0 amide bonds. The average molecular weight is 97.2 g/mol. The van der Waals surface area contributed by atoms with E-state index >= 15 is 0 Å². The standard InChI is InChI=1S/C6H11N/c1-4-5(2)6(3)7/h4-5H,1,3,7H2,2H3.